The van der Waals surface area contributed by atoms with Crippen molar-refractivity contribution in [3.05, 3.63) is 65.9 Å². The number of furan rings is 1. The summed E-state index contributed by atoms with van der Waals surface area (Å²) in [5.74, 6) is 1.54. The SMILES string of the molecule is COc1ccc2cc(C(N)c3ccccc3)oc2c1. The van der Waals surface area contributed by atoms with Crippen LogP contribution in [-0.2, 0) is 0 Å². The van der Waals surface area contributed by atoms with Gasteiger partial charge in [0.25, 0.3) is 0 Å². The molecule has 1 atom stereocenters. The fourth-order valence-electron chi connectivity index (χ4n) is 2.14. The van der Waals surface area contributed by atoms with Gasteiger partial charge in [-0.1, -0.05) is 30.3 Å². The Morgan fingerprint density at radius 3 is 2.58 bits per heavy atom. The van der Waals surface area contributed by atoms with Crippen LogP contribution in [-0.4, -0.2) is 7.11 Å². The molecule has 19 heavy (non-hydrogen) atoms. The van der Waals surface area contributed by atoms with Crippen molar-refractivity contribution in [3.63, 3.8) is 0 Å². The molecule has 0 aliphatic heterocycles. The van der Waals surface area contributed by atoms with Gasteiger partial charge in [0.1, 0.15) is 17.1 Å². The highest BCUT2D eigenvalue weighted by atomic mass is 16.5. The number of hydrogen-bond acceptors (Lipinski definition) is 3. The summed E-state index contributed by atoms with van der Waals surface area (Å²) in [5, 5.41) is 1.03. The molecule has 3 aromatic rings. The normalized spacial score (nSPS) is 12.5. The van der Waals surface area contributed by atoms with Crippen molar-refractivity contribution in [1.29, 1.82) is 0 Å². The van der Waals surface area contributed by atoms with E-state index in [1.807, 2.05) is 54.6 Å². The van der Waals surface area contributed by atoms with Crippen molar-refractivity contribution in [3.8, 4) is 5.75 Å². The van der Waals surface area contributed by atoms with E-state index in [2.05, 4.69) is 0 Å². The second-order valence-electron chi connectivity index (χ2n) is 4.44. The molecule has 0 aliphatic rings. The Bertz CT molecular complexity index is 688. The van der Waals surface area contributed by atoms with Crippen LogP contribution in [0.3, 0.4) is 0 Å². The molecule has 0 fully saturated rings. The van der Waals surface area contributed by atoms with E-state index in [4.69, 9.17) is 14.9 Å². The number of hydrogen-bond donors (Lipinski definition) is 1. The van der Waals surface area contributed by atoms with Gasteiger partial charge in [0.2, 0.25) is 0 Å². The van der Waals surface area contributed by atoms with E-state index in [1.165, 1.54) is 0 Å². The van der Waals surface area contributed by atoms with Gasteiger partial charge in [-0.2, -0.15) is 0 Å². The molecule has 1 heterocycles. The predicted molar refractivity (Wildman–Crippen MR) is 75.2 cm³/mol. The quantitative estimate of drug-likeness (QED) is 0.777. The van der Waals surface area contributed by atoms with Gasteiger partial charge in [-0.3, -0.25) is 0 Å². The number of fused-ring (bicyclic) bond motifs is 1. The predicted octanol–water partition coefficient (Wildman–Crippen LogP) is 3.49. The van der Waals surface area contributed by atoms with Gasteiger partial charge in [-0.05, 0) is 23.8 Å². The summed E-state index contributed by atoms with van der Waals surface area (Å²) < 4.78 is 11.0. The third-order valence-electron chi connectivity index (χ3n) is 3.21. The molecule has 0 saturated carbocycles. The molecule has 0 bridgehead atoms. The second-order valence-corrected chi connectivity index (χ2v) is 4.44. The highest BCUT2D eigenvalue weighted by Gasteiger charge is 2.14. The van der Waals surface area contributed by atoms with Gasteiger partial charge < -0.3 is 14.9 Å². The lowest BCUT2D eigenvalue weighted by atomic mass is 10.1. The van der Waals surface area contributed by atoms with Crippen molar-refractivity contribution in [1.82, 2.24) is 0 Å². The summed E-state index contributed by atoms with van der Waals surface area (Å²) in [6, 6.07) is 17.4. The van der Waals surface area contributed by atoms with Crippen LogP contribution < -0.4 is 10.5 Å². The topological polar surface area (TPSA) is 48.4 Å². The lowest BCUT2D eigenvalue weighted by Gasteiger charge is -2.08. The van der Waals surface area contributed by atoms with E-state index in [-0.39, 0.29) is 6.04 Å². The Morgan fingerprint density at radius 2 is 1.84 bits per heavy atom. The fourth-order valence-corrected chi connectivity index (χ4v) is 2.14. The van der Waals surface area contributed by atoms with Crippen molar-refractivity contribution < 1.29 is 9.15 Å². The largest absolute Gasteiger partial charge is 0.497 e. The van der Waals surface area contributed by atoms with E-state index >= 15 is 0 Å². The first-order chi connectivity index (χ1) is 9.28. The first-order valence-electron chi connectivity index (χ1n) is 6.16. The van der Waals surface area contributed by atoms with Gasteiger partial charge in [-0.15, -0.1) is 0 Å². The highest BCUT2D eigenvalue weighted by molar-refractivity contribution is 5.79. The van der Waals surface area contributed by atoms with E-state index < -0.39 is 0 Å². The van der Waals surface area contributed by atoms with Gasteiger partial charge in [0.05, 0.1) is 13.2 Å². The molecule has 0 aliphatic carbocycles. The molecule has 0 radical (unpaired) electrons. The minimum atomic E-state index is -0.250. The average Bonchev–Trinajstić information content (AvgIpc) is 2.90. The Morgan fingerprint density at radius 1 is 1.05 bits per heavy atom. The lowest BCUT2D eigenvalue weighted by Crippen LogP contribution is -2.10. The van der Waals surface area contributed by atoms with Crippen LogP contribution in [0.4, 0.5) is 0 Å². The Kier molecular flexibility index (Phi) is 2.97. The first kappa shape index (κ1) is 11.8. The molecule has 1 aromatic heterocycles. The van der Waals surface area contributed by atoms with Crippen molar-refractivity contribution in [2.24, 2.45) is 5.73 Å². The number of methoxy groups -OCH3 is 1. The highest BCUT2D eigenvalue weighted by Crippen LogP contribution is 2.28. The molecule has 0 saturated heterocycles. The Labute approximate surface area is 111 Å². The fraction of sp³-hybridized carbons (Fsp3) is 0.125. The molecule has 3 nitrogen and oxygen atoms in total. The van der Waals surface area contributed by atoms with Gasteiger partial charge in [-0.25, -0.2) is 0 Å². The number of nitrogens with two attached hydrogens (primary N) is 1. The third kappa shape index (κ3) is 2.20. The van der Waals surface area contributed by atoms with Crippen molar-refractivity contribution in [2.45, 2.75) is 6.04 Å². The summed E-state index contributed by atoms with van der Waals surface area (Å²) >= 11 is 0. The summed E-state index contributed by atoms with van der Waals surface area (Å²) in [6.07, 6.45) is 0. The van der Waals surface area contributed by atoms with E-state index in [0.717, 1.165) is 28.0 Å². The lowest BCUT2D eigenvalue weighted by molar-refractivity contribution is 0.414. The maximum Gasteiger partial charge on any atom is 0.138 e. The van der Waals surface area contributed by atoms with Crippen LogP contribution in [0.25, 0.3) is 11.0 Å². The third-order valence-corrected chi connectivity index (χ3v) is 3.21. The zero-order chi connectivity index (χ0) is 13.2. The van der Waals surface area contributed by atoms with Crippen LogP contribution in [0.5, 0.6) is 5.75 Å². The van der Waals surface area contributed by atoms with Crippen LogP contribution in [0, 0.1) is 0 Å². The second kappa shape index (κ2) is 4.78. The number of rotatable bonds is 3. The minimum Gasteiger partial charge on any atom is -0.497 e. The molecule has 1 unspecified atom stereocenters. The maximum absolute atomic E-state index is 6.23. The number of ether oxygens (including phenoxy) is 1. The summed E-state index contributed by atoms with van der Waals surface area (Å²) in [4.78, 5) is 0. The molecular weight excluding hydrogens is 238 g/mol. The van der Waals surface area contributed by atoms with Gasteiger partial charge in [0.15, 0.2) is 0 Å². The van der Waals surface area contributed by atoms with E-state index in [0.29, 0.717) is 0 Å². The monoisotopic (exact) mass is 253 g/mol. The zero-order valence-electron chi connectivity index (χ0n) is 10.7. The molecule has 96 valence electrons. The maximum atomic E-state index is 6.23. The van der Waals surface area contributed by atoms with Crippen LogP contribution in [0.1, 0.15) is 17.4 Å². The molecule has 3 rings (SSSR count). The number of benzene rings is 2. The standard InChI is InChI=1S/C16H15NO2/c1-18-13-8-7-12-9-15(19-14(12)10-13)16(17)11-5-3-2-4-6-11/h2-10,16H,17H2,1H3. The molecule has 3 heteroatoms. The molecule has 2 aromatic carbocycles. The van der Waals surface area contributed by atoms with Crippen molar-refractivity contribution >= 4 is 11.0 Å². The van der Waals surface area contributed by atoms with Crippen molar-refractivity contribution in [2.75, 3.05) is 7.11 Å². The summed E-state index contributed by atoms with van der Waals surface area (Å²) in [6.45, 7) is 0. The molecule has 0 amide bonds. The summed E-state index contributed by atoms with van der Waals surface area (Å²) in [7, 11) is 1.64. The smallest absolute Gasteiger partial charge is 0.138 e. The zero-order valence-corrected chi connectivity index (χ0v) is 10.7. The Balaban J connectivity index is 2.01. The van der Waals surface area contributed by atoms with Crippen LogP contribution >= 0.6 is 0 Å². The van der Waals surface area contributed by atoms with Crippen LogP contribution in [0.15, 0.2) is 59.0 Å². The van der Waals surface area contributed by atoms with E-state index in [9.17, 15) is 0 Å². The summed E-state index contributed by atoms with van der Waals surface area (Å²) in [5.41, 5.74) is 8.05. The van der Waals surface area contributed by atoms with Gasteiger partial charge >= 0.3 is 0 Å². The Hall–Kier alpha value is -2.26. The van der Waals surface area contributed by atoms with Gasteiger partial charge in [0, 0.05) is 11.5 Å². The molecular formula is C16H15NO2. The molecule has 2 N–H and O–H groups in total. The molecule has 0 spiro atoms. The minimum absolute atomic E-state index is 0.250. The average molecular weight is 253 g/mol. The van der Waals surface area contributed by atoms with E-state index in [1.54, 1.807) is 7.11 Å². The van der Waals surface area contributed by atoms with Crippen LogP contribution in [0.2, 0.25) is 0 Å². The first-order valence-corrected chi connectivity index (χ1v) is 6.16.